The number of aromatic nitrogens is 3. The van der Waals surface area contributed by atoms with Gasteiger partial charge in [-0.2, -0.15) is 19.3 Å². The first kappa shape index (κ1) is 22.1. The Hall–Kier alpha value is -3.15. The lowest BCUT2D eigenvalue weighted by Gasteiger charge is -2.36. The number of nitrogens with zero attached hydrogens (tertiary/aromatic N) is 5. The van der Waals surface area contributed by atoms with E-state index in [0.717, 1.165) is 11.8 Å². The van der Waals surface area contributed by atoms with Gasteiger partial charge in [-0.3, -0.25) is 4.90 Å². The fourth-order valence-corrected chi connectivity index (χ4v) is 5.03. The maximum Gasteiger partial charge on any atom is 0.243 e. The van der Waals surface area contributed by atoms with E-state index in [1.165, 1.54) is 22.5 Å². The molecule has 0 radical (unpaired) electrons. The molecule has 0 bridgehead atoms. The smallest absolute Gasteiger partial charge is 0.243 e. The Labute approximate surface area is 186 Å². The number of nitrogen functional groups attached to an aromatic ring is 1. The Morgan fingerprint density at radius 2 is 1.72 bits per heavy atom. The minimum absolute atomic E-state index is 0.0409. The van der Waals surface area contributed by atoms with Gasteiger partial charge in [0.25, 0.3) is 0 Å². The number of nitrogens with one attached hydrogen (secondary N) is 1. The number of benzene rings is 2. The van der Waals surface area contributed by atoms with E-state index in [9.17, 15) is 12.8 Å². The van der Waals surface area contributed by atoms with E-state index >= 15 is 0 Å². The van der Waals surface area contributed by atoms with Crippen molar-refractivity contribution in [2.45, 2.75) is 17.9 Å². The van der Waals surface area contributed by atoms with Gasteiger partial charge in [0.2, 0.25) is 21.9 Å². The number of halogens is 1. The predicted octanol–water partition coefficient (Wildman–Crippen LogP) is 2.40. The number of nitrogens with two attached hydrogens (primary N) is 1. The van der Waals surface area contributed by atoms with E-state index in [-0.39, 0.29) is 30.0 Å². The van der Waals surface area contributed by atoms with E-state index in [4.69, 9.17) is 5.73 Å². The molecule has 3 N–H and O–H groups in total. The quantitative estimate of drug-likeness (QED) is 0.580. The molecule has 3 aromatic rings. The Balaban J connectivity index is 1.45. The molecule has 4 rings (SSSR count). The maximum absolute atomic E-state index is 13.5. The second-order valence-corrected chi connectivity index (χ2v) is 9.38. The van der Waals surface area contributed by atoms with Gasteiger partial charge >= 0.3 is 0 Å². The normalized spacial score (nSPS) is 16.6. The van der Waals surface area contributed by atoms with E-state index in [2.05, 4.69) is 25.2 Å². The van der Waals surface area contributed by atoms with Crippen LogP contribution in [0.3, 0.4) is 0 Å². The molecule has 0 spiro atoms. The lowest BCUT2D eigenvalue weighted by molar-refractivity contribution is 0.141. The molecule has 1 aromatic heterocycles. The minimum Gasteiger partial charge on any atom is -0.368 e. The van der Waals surface area contributed by atoms with Crippen LogP contribution in [0.1, 0.15) is 18.8 Å². The maximum atomic E-state index is 13.5. The molecule has 11 heteroatoms. The van der Waals surface area contributed by atoms with Crippen molar-refractivity contribution in [3.63, 3.8) is 0 Å². The van der Waals surface area contributed by atoms with Crippen LogP contribution in [0.15, 0.2) is 59.5 Å². The monoisotopic (exact) mass is 457 g/mol. The number of sulfonamides is 1. The minimum atomic E-state index is -3.75. The molecule has 1 atom stereocenters. The van der Waals surface area contributed by atoms with Crippen molar-refractivity contribution in [2.75, 3.05) is 37.2 Å². The SMILES string of the molecule is CC(c1nc(N)nc(Nc2ccccc2)n1)N1CCN(S(=O)(=O)c2cccc(F)c2)CC1. The van der Waals surface area contributed by atoms with Gasteiger partial charge in [-0.15, -0.1) is 0 Å². The molecule has 0 amide bonds. The van der Waals surface area contributed by atoms with Gasteiger partial charge in [0.05, 0.1) is 10.9 Å². The van der Waals surface area contributed by atoms with Crippen LogP contribution in [-0.4, -0.2) is 58.8 Å². The first-order valence-corrected chi connectivity index (χ1v) is 11.6. The van der Waals surface area contributed by atoms with Crippen molar-refractivity contribution < 1.29 is 12.8 Å². The van der Waals surface area contributed by atoms with Crippen molar-refractivity contribution in [2.24, 2.45) is 0 Å². The Morgan fingerprint density at radius 1 is 1.00 bits per heavy atom. The van der Waals surface area contributed by atoms with Crippen molar-refractivity contribution in [3.05, 3.63) is 66.2 Å². The lowest BCUT2D eigenvalue weighted by atomic mass is 10.2. The van der Waals surface area contributed by atoms with E-state index in [1.54, 1.807) is 0 Å². The molecule has 9 nitrogen and oxygen atoms in total. The molecule has 168 valence electrons. The molecule has 0 aliphatic carbocycles. The van der Waals surface area contributed by atoms with Gasteiger partial charge < -0.3 is 11.1 Å². The largest absolute Gasteiger partial charge is 0.368 e. The number of hydrogen-bond donors (Lipinski definition) is 2. The molecule has 1 fully saturated rings. The van der Waals surface area contributed by atoms with E-state index in [1.807, 2.05) is 37.3 Å². The number of piperazine rings is 1. The average molecular weight is 458 g/mol. The third-order valence-corrected chi connectivity index (χ3v) is 7.22. The van der Waals surface area contributed by atoms with Crippen LogP contribution < -0.4 is 11.1 Å². The van der Waals surface area contributed by atoms with E-state index in [0.29, 0.717) is 24.9 Å². The third-order valence-electron chi connectivity index (χ3n) is 5.33. The number of anilines is 3. The summed E-state index contributed by atoms with van der Waals surface area (Å²) in [5, 5.41) is 3.11. The first-order valence-electron chi connectivity index (χ1n) is 10.2. The highest BCUT2D eigenvalue weighted by Gasteiger charge is 2.31. The highest BCUT2D eigenvalue weighted by Crippen LogP contribution is 2.24. The molecule has 0 saturated carbocycles. The molecule has 1 aliphatic heterocycles. The summed E-state index contributed by atoms with van der Waals surface area (Å²) < 4.78 is 40.5. The van der Waals surface area contributed by atoms with Crippen LogP contribution in [0, 0.1) is 5.82 Å². The highest BCUT2D eigenvalue weighted by molar-refractivity contribution is 7.89. The Kier molecular flexibility index (Phi) is 6.31. The Bertz CT molecular complexity index is 1190. The van der Waals surface area contributed by atoms with Gasteiger partial charge in [0.15, 0.2) is 5.82 Å². The molecule has 2 aromatic carbocycles. The lowest BCUT2D eigenvalue weighted by Crippen LogP contribution is -2.49. The summed E-state index contributed by atoms with van der Waals surface area (Å²) in [6.07, 6.45) is 0. The zero-order chi connectivity index (χ0) is 22.7. The number of para-hydroxylation sites is 1. The standard InChI is InChI=1S/C21H24FN7O2S/c1-15(19-25-20(23)27-21(26-19)24-17-7-3-2-4-8-17)28-10-12-29(13-11-28)32(30,31)18-9-5-6-16(22)14-18/h2-9,14-15H,10-13H2,1H3,(H3,23,24,25,26,27). The molecule has 2 heterocycles. The van der Waals surface area contributed by atoms with Crippen molar-refractivity contribution in [3.8, 4) is 0 Å². The van der Waals surface area contributed by atoms with Crippen LogP contribution in [0.4, 0.5) is 22.0 Å². The van der Waals surface area contributed by atoms with Gasteiger partial charge in [-0.1, -0.05) is 24.3 Å². The van der Waals surface area contributed by atoms with Crippen LogP contribution in [0.25, 0.3) is 0 Å². The summed E-state index contributed by atoms with van der Waals surface area (Å²) in [5.74, 6) is 0.369. The fraction of sp³-hybridized carbons (Fsp3) is 0.286. The second kappa shape index (κ2) is 9.15. The molecule has 1 aliphatic rings. The van der Waals surface area contributed by atoms with E-state index < -0.39 is 15.8 Å². The molecular formula is C21H24FN7O2S. The summed E-state index contributed by atoms with van der Waals surface area (Å²) in [6, 6.07) is 14.4. The Morgan fingerprint density at radius 3 is 2.41 bits per heavy atom. The summed E-state index contributed by atoms with van der Waals surface area (Å²) in [4.78, 5) is 15.0. The van der Waals surface area contributed by atoms with Crippen LogP contribution in [-0.2, 0) is 10.0 Å². The number of rotatable bonds is 6. The van der Waals surface area contributed by atoms with Crippen LogP contribution in [0.5, 0.6) is 0 Å². The van der Waals surface area contributed by atoms with Gasteiger partial charge in [0, 0.05) is 31.9 Å². The highest BCUT2D eigenvalue weighted by atomic mass is 32.2. The topological polar surface area (TPSA) is 117 Å². The predicted molar refractivity (Wildman–Crippen MR) is 119 cm³/mol. The van der Waals surface area contributed by atoms with Gasteiger partial charge in [-0.25, -0.2) is 12.8 Å². The van der Waals surface area contributed by atoms with Crippen LogP contribution >= 0.6 is 0 Å². The van der Waals surface area contributed by atoms with Gasteiger partial charge in [0.1, 0.15) is 5.82 Å². The summed E-state index contributed by atoms with van der Waals surface area (Å²) >= 11 is 0. The van der Waals surface area contributed by atoms with Crippen molar-refractivity contribution >= 4 is 27.6 Å². The molecular weight excluding hydrogens is 433 g/mol. The van der Waals surface area contributed by atoms with Crippen molar-refractivity contribution in [1.82, 2.24) is 24.2 Å². The zero-order valence-electron chi connectivity index (χ0n) is 17.5. The third kappa shape index (κ3) is 4.85. The zero-order valence-corrected chi connectivity index (χ0v) is 18.3. The average Bonchev–Trinajstić information content (AvgIpc) is 2.79. The van der Waals surface area contributed by atoms with Gasteiger partial charge in [-0.05, 0) is 37.3 Å². The molecule has 1 unspecified atom stereocenters. The fourth-order valence-electron chi connectivity index (χ4n) is 3.57. The molecule has 1 saturated heterocycles. The summed E-state index contributed by atoms with van der Waals surface area (Å²) in [5.41, 5.74) is 6.72. The second-order valence-electron chi connectivity index (χ2n) is 7.44. The van der Waals surface area contributed by atoms with Crippen LogP contribution in [0.2, 0.25) is 0 Å². The summed E-state index contributed by atoms with van der Waals surface area (Å²) in [6.45, 7) is 3.45. The first-order chi connectivity index (χ1) is 15.3. The number of hydrogen-bond acceptors (Lipinski definition) is 8. The molecule has 32 heavy (non-hydrogen) atoms. The summed E-state index contributed by atoms with van der Waals surface area (Å²) in [7, 11) is -3.75. The van der Waals surface area contributed by atoms with Crippen molar-refractivity contribution in [1.29, 1.82) is 0 Å².